The fourth-order valence-corrected chi connectivity index (χ4v) is 1.54. The van der Waals surface area contributed by atoms with Crippen LogP contribution in [-0.4, -0.2) is 18.6 Å². The smallest absolute Gasteiger partial charge is 0.222 e. The normalized spacial score (nSPS) is 11.1. The summed E-state index contributed by atoms with van der Waals surface area (Å²) >= 11 is 0. The highest BCUT2D eigenvalue weighted by molar-refractivity contribution is 5.72. The van der Waals surface area contributed by atoms with Crippen LogP contribution < -0.4 is 4.74 Å². The topological polar surface area (TPSA) is 63.8 Å². The van der Waals surface area contributed by atoms with Crippen LogP contribution in [0.15, 0.2) is 23.4 Å². The van der Waals surface area contributed by atoms with E-state index in [0.717, 1.165) is 5.56 Å². The minimum absolute atomic E-state index is 0.0302. The number of oxime groups is 1. The quantitative estimate of drug-likeness (QED) is 0.454. The van der Waals surface area contributed by atoms with Crippen LogP contribution >= 0.6 is 0 Å². The first kappa shape index (κ1) is 15.8. The van der Waals surface area contributed by atoms with E-state index in [-0.39, 0.29) is 12.7 Å². The first-order valence-corrected chi connectivity index (χ1v) is 6.55. The first-order valence-electron chi connectivity index (χ1n) is 6.55. The number of benzene rings is 1. The number of nitriles is 1. The van der Waals surface area contributed by atoms with E-state index in [1.54, 1.807) is 19.1 Å². The number of rotatable bonds is 6. The van der Waals surface area contributed by atoms with Gasteiger partial charge in [0.05, 0.1) is 18.3 Å². The molecule has 1 rings (SSSR count). The lowest BCUT2D eigenvalue weighted by Crippen LogP contribution is -2.07. The number of nitrogens with zero attached hydrogens (tertiary/aromatic N) is 2. The highest BCUT2D eigenvalue weighted by atomic mass is 16.6. The summed E-state index contributed by atoms with van der Waals surface area (Å²) in [6.45, 7) is 8.28. The zero-order valence-electron chi connectivity index (χ0n) is 12.3. The summed E-state index contributed by atoms with van der Waals surface area (Å²) in [5.74, 6) is 1.06. The molecule has 0 spiro atoms. The molecule has 5 heteroatoms. The van der Waals surface area contributed by atoms with Crippen molar-refractivity contribution in [2.75, 3.05) is 6.61 Å². The highest BCUT2D eigenvalue weighted by Gasteiger charge is 2.07. The molecular weight excluding hydrogens is 256 g/mol. The monoisotopic (exact) mass is 276 g/mol. The summed E-state index contributed by atoms with van der Waals surface area (Å²) in [5, 5.41) is 12.9. The van der Waals surface area contributed by atoms with E-state index >= 15 is 0 Å². The Bertz CT molecular complexity index is 504. The summed E-state index contributed by atoms with van der Waals surface area (Å²) < 4.78 is 10.7. The summed E-state index contributed by atoms with van der Waals surface area (Å²) in [6, 6.07) is 7.48. The van der Waals surface area contributed by atoms with Gasteiger partial charge in [-0.3, -0.25) is 0 Å². The van der Waals surface area contributed by atoms with Crippen molar-refractivity contribution in [1.82, 2.24) is 0 Å². The molecule has 0 unspecified atom stereocenters. The summed E-state index contributed by atoms with van der Waals surface area (Å²) in [4.78, 5) is 5.17. The Morgan fingerprint density at radius 2 is 2.15 bits per heavy atom. The van der Waals surface area contributed by atoms with Gasteiger partial charge in [-0.15, -0.1) is 0 Å². The summed E-state index contributed by atoms with van der Waals surface area (Å²) in [7, 11) is 0. The predicted octanol–water partition coefficient (Wildman–Crippen LogP) is 3.23. The molecule has 1 aromatic rings. The highest BCUT2D eigenvalue weighted by Crippen LogP contribution is 2.21. The number of hydrogen-bond donors (Lipinski definition) is 0. The molecule has 0 aliphatic heterocycles. The molecule has 0 aromatic heterocycles. The molecule has 0 aliphatic carbocycles. The van der Waals surface area contributed by atoms with Crippen LogP contribution in [0.3, 0.4) is 0 Å². The third kappa shape index (κ3) is 5.19. The second-order valence-corrected chi connectivity index (χ2v) is 4.43. The minimum Gasteiger partial charge on any atom is -0.490 e. The van der Waals surface area contributed by atoms with E-state index in [0.29, 0.717) is 23.8 Å². The second-order valence-electron chi connectivity index (χ2n) is 4.43. The van der Waals surface area contributed by atoms with Gasteiger partial charge in [-0.2, -0.15) is 5.26 Å². The van der Waals surface area contributed by atoms with Gasteiger partial charge < -0.3 is 14.3 Å². The van der Waals surface area contributed by atoms with Crippen molar-refractivity contribution in [3.63, 3.8) is 0 Å². The molecule has 0 atom stereocenters. The molecule has 108 valence electrons. The van der Waals surface area contributed by atoms with Crippen molar-refractivity contribution < 1.29 is 14.3 Å². The number of ether oxygens (including phenoxy) is 2. The largest absolute Gasteiger partial charge is 0.490 e. The molecule has 20 heavy (non-hydrogen) atoms. The lowest BCUT2D eigenvalue weighted by molar-refractivity contribution is 0.119. The summed E-state index contributed by atoms with van der Waals surface area (Å²) in [6.07, 6.45) is 0.0302. The van der Waals surface area contributed by atoms with Crippen LogP contribution in [0, 0.1) is 11.3 Å². The van der Waals surface area contributed by atoms with Gasteiger partial charge >= 0.3 is 0 Å². The Kier molecular flexibility index (Phi) is 6.38. The lowest BCUT2D eigenvalue weighted by Gasteiger charge is -2.11. The zero-order chi connectivity index (χ0) is 15.0. The minimum atomic E-state index is 0.0302. The molecule has 5 nitrogen and oxygen atoms in total. The Morgan fingerprint density at radius 1 is 1.40 bits per heavy atom. The summed E-state index contributed by atoms with van der Waals surface area (Å²) in [5.41, 5.74) is 1.34. The Morgan fingerprint density at radius 3 is 2.75 bits per heavy atom. The Labute approximate surface area is 119 Å². The Balaban J connectivity index is 2.69. The molecule has 0 saturated carbocycles. The second kappa shape index (κ2) is 8.05. The van der Waals surface area contributed by atoms with Gasteiger partial charge in [-0.1, -0.05) is 11.2 Å². The van der Waals surface area contributed by atoms with E-state index in [2.05, 4.69) is 11.2 Å². The van der Waals surface area contributed by atoms with Crippen LogP contribution in [0.1, 0.15) is 38.8 Å². The van der Waals surface area contributed by atoms with Gasteiger partial charge in [0.25, 0.3) is 0 Å². The fourth-order valence-electron chi connectivity index (χ4n) is 1.54. The maximum absolute atomic E-state index is 9.12. The van der Waals surface area contributed by atoms with Gasteiger partial charge in [0.1, 0.15) is 18.4 Å². The SMILES string of the molecule is CCO/C(C)=N/OCc1ccc(OC(C)C)c(C#N)c1. The third-order valence-electron chi connectivity index (χ3n) is 2.30. The van der Waals surface area contributed by atoms with Crippen molar-refractivity contribution in [3.05, 3.63) is 29.3 Å². The van der Waals surface area contributed by atoms with Gasteiger partial charge in [0, 0.05) is 6.92 Å². The standard InChI is InChI=1S/C15H20N2O3/c1-5-18-12(4)17-19-10-13-6-7-15(20-11(2)3)14(8-13)9-16/h6-8,11H,5,10H2,1-4H3/b17-12+. The maximum atomic E-state index is 9.12. The van der Waals surface area contributed by atoms with E-state index in [9.17, 15) is 0 Å². The lowest BCUT2D eigenvalue weighted by atomic mass is 10.1. The number of hydrogen-bond acceptors (Lipinski definition) is 5. The molecular formula is C15H20N2O3. The van der Waals surface area contributed by atoms with Gasteiger partial charge in [0.2, 0.25) is 5.90 Å². The van der Waals surface area contributed by atoms with Gasteiger partial charge in [-0.25, -0.2) is 0 Å². The molecule has 0 aliphatic rings. The van der Waals surface area contributed by atoms with E-state index in [1.807, 2.05) is 26.8 Å². The maximum Gasteiger partial charge on any atom is 0.222 e. The molecule has 0 saturated heterocycles. The van der Waals surface area contributed by atoms with E-state index in [4.69, 9.17) is 19.6 Å². The van der Waals surface area contributed by atoms with Gasteiger partial charge in [0.15, 0.2) is 0 Å². The van der Waals surface area contributed by atoms with Crippen molar-refractivity contribution in [3.8, 4) is 11.8 Å². The van der Waals surface area contributed by atoms with Crippen LogP contribution in [-0.2, 0) is 16.2 Å². The van der Waals surface area contributed by atoms with Crippen LogP contribution in [0.4, 0.5) is 0 Å². The average molecular weight is 276 g/mol. The molecule has 0 N–H and O–H groups in total. The van der Waals surface area contributed by atoms with Crippen molar-refractivity contribution >= 4 is 5.90 Å². The Hall–Kier alpha value is -2.22. The first-order chi connectivity index (χ1) is 9.56. The molecule has 0 bridgehead atoms. The average Bonchev–Trinajstić information content (AvgIpc) is 2.40. The van der Waals surface area contributed by atoms with Gasteiger partial charge in [-0.05, 0) is 38.5 Å². The molecule has 0 heterocycles. The molecule has 1 aromatic carbocycles. The molecule has 0 amide bonds. The fraction of sp³-hybridized carbons (Fsp3) is 0.467. The van der Waals surface area contributed by atoms with Crippen molar-refractivity contribution in [2.45, 2.75) is 40.4 Å². The third-order valence-corrected chi connectivity index (χ3v) is 2.30. The van der Waals surface area contributed by atoms with Crippen LogP contribution in [0.2, 0.25) is 0 Å². The van der Waals surface area contributed by atoms with Crippen LogP contribution in [0.5, 0.6) is 5.75 Å². The molecule has 0 radical (unpaired) electrons. The van der Waals surface area contributed by atoms with E-state index in [1.165, 1.54) is 0 Å². The van der Waals surface area contributed by atoms with Crippen molar-refractivity contribution in [1.29, 1.82) is 5.26 Å². The van der Waals surface area contributed by atoms with Crippen molar-refractivity contribution in [2.24, 2.45) is 5.16 Å². The van der Waals surface area contributed by atoms with E-state index < -0.39 is 0 Å². The zero-order valence-corrected chi connectivity index (χ0v) is 12.3. The molecule has 0 fully saturated rings. The van der Waals surface area contributed by atoms with Crippen LogP contribution in [0.25, 0.3) is 0 Å². The predicted molar refractivity (Wildman–Crippen MR) is 76.4 cm³/mol.